The summed E-state index contributed by atoms with van der Waals surface area (Å²) >= 11 is 1.63. The van der Waals surface area contributed by atoms with E-state index in [2.05, 4.69) is 9.97 Å². The molecule has 0 aliphatic heterocycles. The Bertz CT molecular complexity index is 683. The number of hydrogen-bond donors (Lipinski definition) is 0. The number of aryl methyl sites for hydroxylation is 4. The van der Waals surface area contributed by atoms with Gasteiger partial charge in [-0.3, -0.25) is 14.7 Å². The third-order valence-corrected chi connectivity index (χ3v) is 5.35. The molecule has 6 heteroatoms. The largest absolute Gasteiger partial charge is 0.482 e. The number of likely N-dealkylation sites (N-methyl/N-ethyl adjacent to an activating group) is 1. The third-order valence-electron chi connectivity index (χ3n) is 4.11. The molecule has 2 heterocycles. The van der Waals surface area contributed by atoms with E-state index in [-0.39, 0.29) is 12.5 Å². The van der Waals surface area contributed by atoms with E-state index >= 15 is 0 Å². The van der Waals surface area contributed by atoms with E-state index in [1.165, 1.54) is 17.7 Å². The van der Waals surface area contributed by atoms with Crippen molar-refractivity contribution in [2.24, 2.45) is 0 Å². The summed E-state index contributed by atoms with van der Waals surface area (Å²) in [5.74, 6) is 0.589. The van der Waals surface area contributed by atoms with Crippen LogP contribution in [0.1, 0.15) is 34.7 Å². The van der Waals surface area contributed by atoms with Crippen molar-refractivity contribution >= 4 is 22.4 Å². The van der Waals surface area contributed by atoms with Crippen LogP contribution in [0.4, 0.5) is 5.13 Å². The summed E-state index contributed by atoms with van der Waals surface area (Å²) in [6, 6.07) is 1.88. The summed E-state index contributed by atoms with van der Waals surface area (Å²) in [5.41, 5.74) is 2.94. The first-order chi connectivity index (χ1) is 11.1. The molecular weight excluding hydrogens is 310 g/mol. The van der Waals surface area contributed by atoms with E-state index in [0.717, 1.165) is 34.9 Å². The molecule has 3 rings (SSSR count). The van der Waals surface area contributed by atoms with Gasteiger partial charge in [0.2, 0.25) is 0 Å². The lowest BCUT2D eigenvalue weighted by Crippen LogP contribution is -2.31. The number of anilines is 1. The highest BCUT2D eigenvalue weighted by atomic mass is 32.1. The fourth-order valence-electron chi connectivity index (χ4n) is 2.72. The second-order valence-corrected chi connectivity index (χ2v) is 6.92. The quantitative estimate of drug-likeness (QED) is 0.864. The van der Waals surface area contributed by atoms with E-state index < -0.39 is 0 Å². The van der Waals surface area contributed by atoms with Gasteiger partial charge < -0.3 is 4.74 Å². The Morgan fingerprint density at radius 3 is 2.87 bits per heavy atom. The highest BCUT2D eigenvalue weighted by Gasteiger charge is 2.21. The number of aromatic nitrogens is 2. The number of rotatable bonds is 4. The molecule has 0 saturated carbocycles. The summed E-state index contributed by atoms with van der Waals surface area (Å²) in [6.07, 6.45) is 6.26. The van der Waals surface area contributed by atoms with Gasteiger partial charge in [0.05, 0.1) is 11.4 Å². The predicted molar refractivity (Wildman–Crippen MR) is 91.4 cm³/mol. The molecule has 5 nitrogen and oxygen atoms in total. The van der Waals surface area contributed by atoms with Gasteiger partial charge in [0.25, 0.3) is 5.91 Å². The summed E-state index contributed by atoms with van der Waals surface area (Å²) in [5, 5.41) is 0.769. The molecule has 1 amide bonds. The summed E-state index contributed by atoms with van der Waals surface area (Å²) < 4.78 is 5.70. The maximum absolute atomic E-state index is 12.4. The van der Waals surface area contributed by atoms with Crippen molar-refractivity contribution in [2.45, 2.75) is 39.5 Å². The van der Waals surface area contributed by atoms with Crippen molar-refractivity contribution in [3.05, 3.63) is 34.1 Å². The molecule has 1 aliphatic carbocycles. The van der Waals surface area contributed by atoms with Crippen molar-refractivity contribution in [1.29, 1.82) is 0 Å². The minimum atomic E-state index is -0.0984. The molecule has 0 unspecified atom stereocenters. The molecule has 1 aliphatic rings. The van der Waals surface area contributed by atoms with Gasteiger partial charge in [0.1, 0.15) is 5.75 Å². The van der Waals surface area contributed by atoms with Crippen LogP contribution < -0.4 is 9.64 Å². The lowest BCUT2D eigenvalue weighted by atomic mass is 10.0. The Morgan fingerprint density at radius 2 is 2.13 bits per heavy atom. The molecule has 0 bridgehead atoms. The van der Waals surface area contributed by atoms with Crippen LogP contribution in [0.15, 0.2) is 12.3 Å². The van der Waals surface area contributed by atoms with Crippen molar-refractivity contribution in [3.63, 3.8) is 0 Å². The first-order valence-corrected chi connectivity index (χ1v) is 8.68. The van der Waals surface area contributed by atoms with Crippen LogP contribution in [0.2, 0.25) is 0 Å². The Balaban J connectivity index is 1.67. The standard InChI is InChI=1S/C17H21N3O2S/c1-11-8-9-18-12(2)16(11)22-10-15(21)20(3)17-19-13-6-4-5-7-14(13)23-17/h8-9H,4-7,10H2,1-3H3. The normalized spacial score (nSPS) is 13.5. The number of nitrogens with zero attached hydrogens (tertiary/aromatic N) is 3. The van der Waals surface area contributed by atoms with Crippen LogP contribution >= 0.6 is 11.3 Å². The molecule has 0 spiro atoms. The van der Waals surface area contributed by atoms with Crippen LogP contribution in [-0.4, -0.2) is 29.5 Å². The molecule has 0 radical (unpaired) electrons. The number of thiazole rings is 1. The fourth-order valence-corrected chi connectivity index (χ4v) is 3.84. The Labute approximate surface area is 140 Å². The van der Waals surface area contributed by atoms with E-state index in [9.17, 15) is 4.79 Å². The number of pyridine rings is 1. The minimum Gasteiger partial charge on any atom is -0.482 e. The van der Waals surface area contributed by atoms with Gasteiger partial charge in [-0.2, -0.15) is 0 Å². The van der Waals surface area contributed by atoms with Gasteiger partial charge in [0.15, 0.2) is 11.7 Å². The maximum atomic E-state index is 12.4. The van der Waals surface area contributed by atoms with Crippen molar-refractivity contribution in [1.82, 2.24) is 9.97 Å². The second kappa shape index (κ2) is 6.66. The number of fused-ring (bicyclic) bond motifs is 1. The van der Waals surface area contributed by atoms with Gasteiger partial charge in [-0.1, -0.05) is 0 Å². The average molecular weight is 331 g/mol. The van der Waals surface area contributed by atoms with E-state index in [1.807, 2.05) is 19.9 Å². The monoisotopic (exact) mass is 331 g/mol. The SMILES string of the molecule is Cc1ccnc(C)c1OCC(=O)N(C)c1nc2c(s1)CCCC2. The van der Waals surface area contributed by atoms with Crippen LogP contribution in [0.25, 0.3) is 0 Å². The number of ether oxygens (including phenoxy) is 1. The van der Waals surface area contributed by atoms with Gasteiger partial charge in [-0.25, -0.2) is 4.98 Å². The fraction of sp³-hybridized carbons (Fsp3) is 0.471. The predicted octanol–water partition coefficient (Wildman–Crippen LogP) is 3.08. The molecule has 2 aromatic heterocycles. The van der Waals surface area contributed by atoms with Gasteiger partial charge in [-0.15, -0.1) is 11.3 Å². The lowest BCUT2D eigenvalue weighted by molar-refractivity contribution is -0.120. The van der Waals surface area contributed by atoms with Crippen molar-refractivity contribution in [2.75, 3.05) is 18.6 Å². The van der Waals surface area contributed by atoms with Crippen molar-refractivity contribution < 1.29 is 9.53 Å². The highest BCUT2D eigenvalue weighted by Crippen LogP contribution is 2.31. The molecule has 0 fully saturated rings. The zero-order valence-corrected chi connectivity index (χ0v) is 14.6. The number of amides is 1. The number of hydrogen-bond acceptors (Lipinski definition) is 5. The molecule has 0 N–H and O–H groups in total. The van der Waals surface area contributed by atoms with Crippen LogP contribution in [-0.2, 0) is 17.6 Å². The van der Waals surface area contributed by atoms with Crippen LogP contribution in [0, 0.1) is 13.8 Å². The zero-order valence-electron chi connectivity index (χ0n) is 13.8. The number of carbonyl (C=O) groups excluding carboxylic acids is 1. The van der Waals surface area contributed by atoms with E-state index in [0.29, 0.717) is 5.75 Å². The summed E-state index contributed by atoms with van der Waals surface area (Å²) in [6.45, 7) is 3.83. The minimum absolute atomic E-state index is 0.00583. The summed E-state index contributed by atoms with van der Waals surface area (Å²) in [4.78, 5) is 24.1. The zero-order chi connectivity index (χ0) is 16.4. The van der Waals surface area contributed by atoms with Crippen LogP contribution in [0.5, 0.6) is 5.75 Å². The average Bonchev–Trinajstić information content (AvgIpc) is 2.97. The molecule has 23 heavy (non-hydrogen) atoms. The van der Waals surface area contributed by atoms with Crippen molar-refractivity contribution in [3.8, 4) is 5.75 Å². The number of carbonyl (C=O) groups is 1. The molecule has 0 saturated heterocycles. The third kappa shape index (κ3) is 3.37. The first kappa shape index (κ1) is 15.9. The highest BCUT2D eigenvalue weighted by molar-refractivity contribution is 7.15. The van der Waals surface area contributed by atoms with E-state index in [1.54, 1.807) is 29.5 Å². The second-order valence-electron chi connectivity index (χ2n) is 5.86. The smallest absolute Gasteiger partial charge is 0.266 e. The Kier molecular flexibility index (Phi) is 4.61. The van der Waals surface area contributed by atoms with E-state index in [4.69, 9.17) is 4.74 Å². The molecule has 0 aromatic carbocycles. The first-order valence-electron chi connectivity index (χ1n) is 7.86. The van der Waals surface area contributed by atoms with Gasteiger partial charge in [0, 0.05) is 18.1 Å². The Hall–Kier alpha value is -1.95. The molecule has 122 valence electrons. The van der Waals surface area contributed by atoms with Gasteiger partial charge in [-0.05, 0) is 51.2 Å². The topological polar surface area (TPSA) is 55.3 Å². The molecular formula is C17H21N3O2S. The summed E-state index contributed by atoms with van der Waals surface area (Å²) in [7, 11) is 1.76. The lowest BCUT2D eigenvalue weighted by Gasteiger charge is -2.15. The maximum Gasteiger partial charge on any atom is 0.266 e. The Morgan fingerprint density at radius 1 is 1.35 bits per heavy atom. The van der Waals surface area contributed by atoms with Crippen LogP contribution in [0.3, 0.4) is 0 Å². The van der Waals surface area contributed by atoms with Gasteiger partial charge >= 0.3 is 0 Å². The molecule has 2 aromatic rings. The molecule has 0 atom stereocenters.